The van der Waals surface area contributed by atoms with Crippen molar-refractivity contribution in [3.63, 3.8) is 0 Å². The van der Waals surface area contributed by atoms with Crippen LogP contribution in [0.5, 0.6) is 0 Å². The van der Waals surface area contributed by atoms with Crippen LogP contribution in [0.2, 0.25) is 0 Å². The standard InChI is InChI=1S/C26H32O7/c1-17-11-12-21(29-15-19-9-7-6-8-10-19)32-26(17)16-30-23(28)25(26,5)14-13-20-18(2)22(27)33-24(3,4)31-20/h6-11,21H,12-16H2,1-5H3/t21?,25-,26+/m1/s1. The van der Waals surface area contributed by atoms with E-state index < -0.39 is 29.1 Å². The molecule has 4 rings (SSSR count). The number of carbonyl (C=O) groups is 2. The first-order valence-electron chi connectivity index (χ1n) is 11.4. The molecular formula is C26H32O7. The van der Waals surface area contributed by atoms with E-state index in [9.17, 15) is 9.59 Å². The van der Waals surface area contributed by atoms with Crippen LogP contribution < -0.4 is 0 Å². The van der Waals surface area contributed by atoms with Crippen molar-refractivity contribution in [3.05, 3.63) is 58.9 Å². The fourth-order valence-corrected chi connectivity index (χ4v) is 4.75. The lowest BCUT2D eigenvalue weighted by Gasteiger charge is -2.45. The Morgan fingerprint density at radius 2 is 1.79 bits per heavy atom. The van der Waals surface area contributed by atoms with Gasteiger partial charge in [0, 0.05) is 26.7 Å². The summed E-state index contributed by atoms with van der Waals surface area (Å²) in [5.41, 5.74) is 0.506. The maximum Gasteiger partial charge on any atom is 0.340 e. The smallest absolute Gasteiger partial charge is 0.340 e. The molecule has 3 atom stereocenters. The largest absolute Gasteiger partial charge is 0.462 e. The van der Waals surface area contributed by atoms with Crippen molar-refractivity contribution in [2.45, 2.75) is 78.2 Å². The van der Waals surface area contributed by atoms with Gasteiger partial charge in [-0.3, -0.25) is 4.79 Å². The van der Waals surface area contributed by atoms with Crippen LogP contribution in [0.3, 0.4) is 0 Å². The van der Waals surface area contributed by atoms with Crippen molar-refractivity contribution >= 4 is 11.9 Å². The molecule has 3 heterocycles. The zero-order valence-electron chi connectivity index (χ0n) is 19.9. The predicted octanol–water partition coefficient (Wildman–Crippen LogP) is 4.56. The molecule has 1 fully saturated rings. The van der Waals surface area contributed by atoms with Gasteiger partial charge in [-0.1, -0.05) is 36.4 Å². The van der Waals surface area contributed by atoms with E-state index in [1.165, 1.54) is 0 Å². The molecule has 1 aromatic rings. The molecule has 1 aromatic carbocycles. The monoisotopic (exact) mass is 456 g/mol. The summed E-state index contributed by atoms with van der Waals surface area (Å²) in [7, 11) is 0. The number of benzene rings is 1. The van der Waals surface area contributed by atoms with Gasteiger partial charge in [0.15, 0.2) is 6.29 Å². The molecule has 0 aliphatic carbocycles. The van der Waals surface area contributed by atoms with Gasteiger partial charge in [-0.25, -0.2) is 4.79 Å². The van der Waals surface area contributed by atoms with Gasteiger partial charge in [-0.15, -0.1) is 0 Å². The topological polar surface area (TPSA) is 80.3 Å². The molecule has 178 valence electrons. The Hall–Kier alpha value is -2.64. The summed E-state index contributed by atoms with van der Waals surface area (Å²) in [5.74, 6) is -1.25. The quantitative estimate of drug-likeness (QED) is 0.458. The molecule has 7 nitrogen and oxygen atoms in total. The molecule has 3 aliphatic heterocycles. The Labute approximate surface area is 194 Å². The van der Waals surface area contributed by atoms with E-state index in [1.807, 2.05) is 44.2 Å². The van der Waals surface area contributed by atoms with Gasteiger partial charge in [0.25, 0.3) is 0 Å². The van der Waals surface area contributed by atoms with Crippen molar-refractivity contribution in [2.24, 2.45) is 5.41 Å². The van der Waals surface area contributed by atoms with Crippen LogP contribution in [0.15, 0.2) is 53.3 Å². The minimum absolute atomic E-state index is 0.127. The lowest BCUT2D eigenvalue weighted by molar-refractivity contribution is -0.232. The number of cyclic esters (lactones) is 2. The molecule has 0 aromatic heterocycles. The number of hydrogen-bond donors (Lipinski definition) is 0. The minimum Gasteiger partial charge on any atom is -0.462 e. The van der Waals surface area contributed by atoms with Crippen LogP contribution in [0.1, 0.15) is 59.4 Å². The van der Waals surface area contributed by atoms with E-state index >= 15 is 0 Å². The maximum atomic E-state index is 13.0. The second-order valence-electron chi connectivity index (χ2n) is 9.64. The molecule has 0 bridgehead atoms. The first-order valence-corrected chi connectivity index (χ1v) is 11.4. The summed E-state index contributed by atoms with van der Waals surface area (Å²) >= 11 is 0. The summed E-state index contributed by atoms with van der Waals surface area (Å²) < 4.78 is 29.3. The van der Waals surface area contributed by atoms with Gasteiger partial charge in [-0.2, -0.15) is 0 Å². The average Bonchev–Trinajstić information content (AvgIpc) is 3.02. The molecule has 0 amide bonds. The fraction of sp³-hybridized carbons (Fsp3) is 0.538. The Kier molecular flexibility index (Phi) is 6.14. The van der Waals surface area contributed by atoms with Gasteiger partial charge >= 0.3 is 11.9 Å². The van der Waals surface area contributed by atoms with E-state index in [-0.39, 0.29) is 12.6 Å². The number of hydrogen-bond acceptors (Lipinski definition) is 7. The van der Waals surface area contributed by atoms with Crippen molar-refractivity contribution < 1.29 is 33.3 Å². The summed E-state index contributed by atoms with van der Waals surface area (Å²) in [4.78, 5) is 25.3. The van der Waals surface area contributed by atoms with Gasteiger partial charge in [0.05, 0.1) is 12.2 Å². The van der Waals surface area contributed by atoms with Gasteiger partial charge in [0.1, 0.15) is 23.4 Å². The lowest BCUT2D eigenvalue weighted by Crippen LogP contribution is -2.54. The zero-order valence-corrected chi connectivity index (χ0v) is 19.9. The second-order valence-corrected chi connectivity index (χ2v) is 9.64. The van der Waals surface area contributed by atoms with E-state index in [2.05, 4.69) is 6.08 Å². The van der Waals surface area contributed by atoms with Gasteiger partial charge < -0.3 is 23.7 Å². The predicted molar refractivity (Wildman–Crippen MR) is 119 cm³/mol. The first kappa shape index (κ1) is 23.5. The van der Waals surface area contributed by atoms with Crippen molar-refractivity contribution in [3.8, 4) is 0 Å². The fourth-order valence-electron chi connectivity index (χ4n) is 4.75. The molecule has 1 unspecified atom stereocenters. The van der Waals surface area contributed by atoms with Crippen LogP contribution >= 0.6 is 0 Å². The van der Waals surface area contributed by atoms with Crippen LogP contribution in [0.25, 0.3) is 0 Å². The SMILES string of the molecule is CC1=CCC(OCc2ccccc2)O[C@@]12COC(=O)[C@@]2(C)CCC1=C(C)C(=O)OC(C)(C)O1. The average molecular weight is 457 g/mol. The highest BCUT2D eigenvalue weighted by atomic mass is 16.7. The number of carbonyl (C=O) groups excluding carboxylic acids is 2. The summed E-state index contributed by atoms with van der Waals surface area (Å²) in [6.45, 7) is 9.43. The number of esters is 2. The van der Waals surface area contributed by atoms with Crippen LogP contribution in [0, 0.1) is 5.41 Å². The normalized spacial score (nSPS) is 31.2. The lowest BCUT2D eigenvalue weighted by atomic mass is 9.67. The highest BCUT2D eigenvalue weighted by Gasteiger charge is 2.63. The summed E-state index contributed by atoms with van der Waals surface area (Å²) in [6.07, 6.45) is 2.94. The number of allylic oxidation sites excluding steroid dienone is 1. The van der Waals surface area contributed by atoms with Gasteiger partial charge in [-0.05, 0) is 38.3 Å². The third-order valence-corrected chi connectivity index (χ3v) is 6.90. The molecular weight excluding hydrogens is 424 g/mol. The van der Waals surface area contributed by atoms with Crippen LogP contribution in [-0.4, -0.2) is 36.2 Å². The Morgan fingerprint density at radius 3 is 2.52 bits per heavy atom. The van der Waals surface area contributed by atoms with E-state index in [4.69, 9.17) is 23.7 Å². The summed E-state index contributed by atoms with van der Waals surface area (Å²) in [5, 5.41) is 0. The van der Waals surface area contributed by atoms with E-state index in [1.54, 1.807) is 20.8 Å². The number of rotatable bonds is 6. The second kappa shape index (κ2) is 8.61. The third kappa shape index (κ3) is 4.32. The third-order valence-electron chi connectivity index (χ3n) is 6.90. The molecule has 1 spiro atoms. The van der Waals surface area contributed by atoms with Gasteiger partial charge in [0.2, 0.25) is 5.79 Å². The molecule has 0 saturated carbocycles. The highest BCUT2D eigenvalue weighted by molar-refractivity contribution is 5.89. The Bertz CT molecular complexity index is 993. The zero-order chi connectivity index (χ0) is 23.9. The van der Waals surface area contributed by atoms with Crippen molar-refractivity contribution in [1.29, 1.82) is 0 Å². The summed E-state index contributed by atoms with van der Waals surface area (Å²) in [6, 6.07) is 9.89. The van der Waals surface area contributed by atoms with Crippen molar-refractivity contribution in [1.82, 2.24) is 0 Å². The molecule has 0 radical (unpaired) electrons. The Balaban J connectivity index is 1.53. The van der Waals surface area contributed by atoms with Crippen LogP contribution in [-0.2, 0) is 39.9 Å². The van der Waals surface area contributed by atoms with E-state index in [0.717, 1.165) is 11.1 Å². The number of ether oxygens (including phenoxy) is 5. The molecule has 3 aliphatic rings. The Morgan fingerprint density at radius 1 is 1.06 bits per heavy atom. The van der Waals surface area contributed by atoms with Crippen molar-refractivity contribution in [2.75, 3.05) is 6.61 Å². The van der Waals surface area contributed by atoms with Crippen LogP contribution in [0.4, 0.5) is 0 Å². The maximum absolute atomic E-state index is 13.0. The molecule has 0 N–H and O–H groups in total. The highest BCUT2D eigenvalue weighted by Crippen LogP contribution is 2.52. The minimum atomic E-state index is -1.05. The van der Waals surface area contributed by atoms with E-state index in [0.29, 0.717) is 37.2 Å². The molecule has 1 saturated heterocycles. The molecule has 33 heavy (non-hydrogen) atoms. The molecule has 7 heteroatoms. The first-order chi connectivity index (χ1) is 15.6.